The maximum absolute atomic E-state index is 11.5. The molecule has 25 heavy (non-hydrogen) atoms. The van der Waals surface area contributed by atoms with Gasteiger partial charge in [-0.25, -0.2) is 0 Å². The van der Waals surface area contributed by atoms with Crippen molar-refractivity contribution >= 4 is 50.6 Å². The van der Waals surface area contributed by atoms with Crippen LogP contribution in [0.15, 0.2) is 12.7 Å². The van der Waals surface area contributed by atoms with E-state index >= 15 is 0 Å². The molecule has 0 spiro atoms. The molecule has 6 heteroatoms. The van der Waals surface area contributed by atoms with Gasteiger partial charge in [0.1, 0.15) is 0 Å². The molecule has 0 heterocycles. The molecule has 0 aliphatic heterocycles. The zero-order valence-electron chi connectivity index (χ0n) is 15.8. The van der Waals surface area contributed by atoms with E-state index in [-0.39, 0.29) is 20.8 Å². The molecule has 0 bridgehead atoms. The summed E-state index contributed by atoms with van der Waals surface area (Å²) in [4.78, 5) is 34.4. The Kier molecular flexibility index (Phi) is 14.8. The first-order valence-corrected chi connectivity index (χ1v) is 11.8. The van der Waals surface area contributed by atoms with Gasteiger partial charge in [-0.2, -0.15) is 0 Å². The van der Waals surface area contributed by atoms with Crippen molar-refractivity contribution in [1.29, 1.82) is 0 Å². The maximum Gasteiger partial charge on any atom is 0.185 e. The van der Waals surface area contributed by atoms with Crippen molar-refractivity contribution in [2.24, 2.45) is 5.41 Å². The van der Waals surface area contributed by atoms with Gasteiger partial charge in [-0.1, -0.05) is 67.0 Å². The fourth-order valence-corrected chi connectivity index (χ4v) is 5.39. The van der Waals surface area contributed by atoms with Crippen LogP contribution in [0.25, 0.3) is 0 Å². The predicted octanol–water partition coefficient (Wildman–Crippen LogP) is 5.73. The standard InChI is InChI=1S/C19H32O3S3/c1-5-6-7-8-9-10-11-12-19(13-23-16(2)20,14-24-17(3)21)15-25-18(4)22/h5H,1,6-15H2,2-4H3. The third kappa shape index (κ3) is 14.6. The van der Waals surface area contributed by atoms with Crippen LogP contribution in [0.5, 0.6) is 0 Å². The van der Waals surface area contributed by atoms with E-state index in [1.54, 1.807) is 20.8 Å². The summed E-state index contributed by atoms with van der Waals surface area (Å²) in [5, 5.41) is 0.276. The summed E-state index contributed by atoms with van der Waals surface area (Å²) >= 11 is 3.95. The summed E-state index contributed by atoms with van der Waals surface area (Å²) in [6.07, 6.45) is 9.81. The lowest BCUT2D eigenvalue weighted by Gasteiger charge is -2.32. The van der Waals surface area contributed by atoms with Crippen molar-refractivity contribution in [3.63, 3.8) is 0 Å². The molecule has 0 radical (unpaired) electrons. The number of unbranched alkanes of at least 4 members (excludes halogenated alkanes) is 5. The molecule has 0 aromatic carbocycles. The van der Waals surface area contributed by atoms with Crippen molar-refractivity contribution in [1.82, 2.24) is 0 Å². The van der Waals surface area contributed by atoms with Crippen LogP contribution in [0.2, 0.25) is 0 Å². The predicted molar refractivity (Wildman–Crippen MR) is 114 cm³/mol. The van der Waals surface area contributed by atoms with Gasteiger partial charge in [0, 0.05) is 38.0 Å². The first-order chi connectivity index (χ1) is 11.8. The third-order valence-electron chi connectivity index (χ3n) is 3.86. The Bertz CT molecular complexity index is 390. The molecule has 0 saturated heterocycles. The third-order valence-corrected chi connectivity index (χ3v) is 7.35. The number of carbonyl (C=O) groups is 3. The minimum absolute atomic E-state index is 0.0921. The Balaban J connectivity index is 4.70. The lowest BCUT2D eigenvalue weighted by atomic mass is 9.88. The topological polar surface area (TPSA) is 51.2 Å². The second kappa shape index (κ2) is 14.9. The molecule has 0 rings (SSSR count). The van der Waals surface area contributed by atoms with E-state index in [1.165, 1.54) is 54.5 Å². The van der Waals surface area contributed by atoms with Crippen molar-refractivity contribution in [3.05, 3.63) is 12.7 Å². The zero-order chi connectivity index (χ0) is 19.1. The highest BCUT2D eigenvalue weighted by Crippen LogP contribution is 2.37. The van der Waals surface area contributed by atoms with Gasteiger partial charge in [0.05, 0.1) is 0 Å². The summed E-state index contributed by atoms with van der Waals surface area (Å²) < 4.78 is 0. The molecular weight excluding hydrogens is 372 g/mol. The first-order valence-electron chi connectivity index (χ1n) is 8.82. The minimum atomic E-state index is -0.149. The summed E-state index contributed by atoms with van der Waals surface area (Å²) in [5.74, 6) is 2.04. The average molecular weight is 405 g/mol. The summed E-state index contributed by atoms with van der Waals surface area (Å²) in [5.41, 5.74) is -0.149. The molecule has 144 valence electrons. The molecule has 0 unspecified atom stereocenters. The summed E-state index contributed by atoms with van der Waals surface area (Å²) in [6, 6.07) is 0. The Hall–Kier alpha value is -0.200. The number of rotatable bonds is 14. The number of hydrogen-bond donors (Lipinski definition) is 0. The van der Waals surface area contributed by atoms with Crippen molar-refractivity contribution < 1.29 is 14.4 Å². The van der Waals surface area contributed by atoms with Crippen LogP contribution in [0.3, 0.4) is 0 Å². The highest BCUT2D eigenvalue weighted by Gasteiger charge is 2.31. The first kappa shape index (κ1) is 24.8. The van der Waals surface area contributed by atoms with Gasteiger partial charge in [-0.15, -0.1) is 6.58 Å². The molecule has 3 nitrogen and oxygen atoms in total. The van der Waals surface area contributed by atoms with E-state index in [1.807, 2.05) is 6.08 Å². The minimum Gasteiger partial charge on any atom is -0.288 e. The smallest absolute Gasteiger partial charge is 0.185 e. The Morgan fingerprint density at radius 1 is 0.760 bits per heavy atom. The quantitative estimate of drug-likeness (QED) is 0.272. The van der Waals surface area contributed by atoms with Crippen LogP contribution in [0.4, 0.5) is 0 Å². The van der Waals surface area contributed by atoms with Crippen LogP contribution < -0.4 is 0 Å². The highest BCUT2D eigenvalue weighted by molar-refractivity contribution is 8.15. The summed E-state index contributed by atoms with van der Waals surface area (Å²) in [7, 11) is 0. The fourth-order valence-electron chi connectivity index (χ4n) is 2.42. The summed E-state index contributed by atoms with van der Waals surface area (Å²) in [6.45, 7) is 8.47. The highest BCUT2D eigenvalue weighted by atomic mass is 32.2. The van der Waals surface area contributed by atoms with Crippen LogP contribution in [0.1, 0.15) is 65.7 Å². The van der Waals surface area contributed by atoms with Crippen molar-refractivity contribution in [2.45, 2.75) is 65.7 Å². The van der Waals surface area contributed by atoms with Gasteiger partial charge in [0.25, 0.3) is 0 Å². The molecule has 0 saturated carbocycles. The van der Waals surface area contributed by atoms with E-state index in [9.17, 15) is 14.4 Å². The van der Waals surface area contributed by atoms with Crippen LogP contribution in [-0.2, 0) is 14.4 Å². The fraction of sp³-hybridized carbons (Fsp3) is 0.737. The average Bonchev–Trinajstić information content (AvgIpc) is 2.54. The lowest BCUT2D eigenvalue weighted by Crippen LogP contribution is -2.31. The van der Waals surface area contributed by atoms with Gasteiger partial charge in [-0.3, -0.25) is 14.4 Å². The van der Waals surface area contributed by atoms with Gasteiger partial charge >= 0.3 is 0 Å². The largest absolute Gasteiger partial charge is 0.288 e. The van der Waals surface area contributed by atoms with E-state index in [4.69, 9.17) is 0 Å². The van der Waals surface area contributed by atoms with E-state index in [0.29, 0.717) is 17.3 Å². The van der Waals surface area contributed by atoms with E-state index in [2.05, 4.69) is 6.58 Å². The molecule has 0 aliphatic carbocycles. The molecule has 0 aromatic rings. The Labute approximate surface area is 165 Å². The second-order valence-corrected chi connectivity index (χ2v) is 9.89. The van der Waals surface area contributed by atoms with Gasteiger partial charge in [0.2, 0.25) is 0 Å². The van der Waals surface area contributed by atoms with Crippen LogP contribution in [-0.4, -0.2) is 32.6 Å². The van der Waals surface area contributed by atoms with Crippen LogP contribution in [0, 0.1) is 5.41 Å². The molecule has 0 fully saturated rings. The van der Waals surface area contributed by atoms with Crippen molar-refractivity contribution in [3.8, 4) is 0 Å². The number of hydrogen-bond acceptors (Lipinski definition) is 6. The van der Waals surface area contributed by atoms with E-state index in [0.717, 1.165) is 25.7 Å². The molecular formula is C19H32O3S3. The Morgan fingerprint density at radius 2 is 1.16 bits per heavy atom. The molecule has 0 aromatic heterocycles. The molecule has 0 N–H and O–H groups in total. The normalized spacial score (nSPS) is 11.3. The monoisotopic (exact) mass is 404 g/mol. The van der Waals surface area contributed by atoms with Gasteiger partial charge in [-0.05, 0) is 24.7 Å². The van der Waals surface area contributed by atoms with Gasteiger partial charge < -0.3 is 0 Å². The van der Waals surface area contributed by atoms with Crippen molar-refractivity contribution in [2.75, 3.05) is 17.3 Å². The number of allylic oxidation sites excluding steroid dienone is 1. The lowest BCUT2D eigenvalue weighted by molar-refractivity contribution is -0.109. The SMILES string of the molecule is C=CCCCCCCCC(CSC(C)=O)(CSC(C)=O)CSC(C)=O. The maximum atomic E-state index is 11.5. The molecule has 0 amide bonds. The van der Waals surface area contributed by atoms with Crippen LogP contribution >= 0.6 is 35.3 Å². The Morgan fingerprint density at radius 3 is 1.56 bits per heavy atom. The zero-order valence-corrected chi connectivity index (χ0v) is 18.3. The molecule has 0 aliphatic rings. The second-order valence-electron chi connectivity index (χ2n) is 6.44. The van der Waals surface area contributed by atoms with E-state index < -0.39 is 0 Å². The number of carbonyl (C=O) groups excluding carboxylic acids is 3. The molecule has 0 atom stereocenters. The number of thioether (sulfide) groups is 3. The van der Waals surface area contributed by atoms with Gasteiger partial charge in [0.15, 0.2) is 15.3 Å².